The Bertz CT molecular complexity index is 609. The maximum Gasteiger partial charge on any atom is 0.225 e. The van der Waals surface area contributed by atoms with Gasteiger partial charge in [-0.15, -0.1) is 0 Å². The van der Waals surface area contributed by atoms with E-state index in [0.29, 0.717) is 5.02 Å². The van der Waals surface area contributed by atoms with E-state index in [1.54, 1.807) is 12.4 Å². The average molecular weight is 400 g/mol. The average Bonchev–Trinajstić information content (AvgIpc) is 2.98. The molecular formula is C15H20BrClN6. The normalized spacial score (nSPS) is 16.0. The van der Waals surface area contributed by atoms with Gasteiger partial charge in [-0.25, -0.2) is 9.97 Å². The Hall–Kier alpha value is -1.18. The number of rotatable bonds is 6. The number of aryl methyl sites for hydroxylation is 1. The van der Waals surface area contributed by atoms with E-state index < -0.39 is 0 Å². The SMILES string of the molecule is Clc1cnc(N2CCN(CCCCn3cc(Br)cn3)CC2)nc1. The van der Waals surface area contributed by atoms with Crippen molar-refractivity contribution in [2.45, 2.75) is 19.4 Å². The summed E-state index contributed by atoms with van der Waals surface area (Å²) in [5.74, 6) is 0.776. The van der Waals surface area contributed by atoms with Crippen LogP contribution in [0.4, 0.5) is 5.95 Å². The number of hydrogen-bond donors (Lipinski definition) is 0. The van der Waals surface area contributed by atoms with Crippen molar-refractivity contribution in [1.82, 2.24) is 24.6 Å². The van der Waals surface area contributed by atoms with Crippen molar-refractivity contribution in [3.8, 4) is 0 Å². The topological polar surface area (TPSA) is 50.1 Å². The molecule has 1 fully saturated rings. The van der Waals surface area contributed by atoms with Crippen LogP contribution in [0.2, 0.25) is 5.02 Å². The molecule has 2 aromatic rings. The molecule has 124 valence electrons. The maximum absolute atomic E-state index is 5.83. The zero-order chi connectivity index (χ0) is 16.1. The van der Waals surface area contributed by atoms with Gasteiger partial charge in [0.1, 0.15) is 0 Å². The predicted molar refractivity (Wildman–Crippen MR) is 94.9 cm³/mol. The lowest BCUT2D eigenvalue weighted by molar-refractivity contribution is 0.249. The molecule has 0 amide bonds. The third-order valence-electron chi connectivity index (χ3n) is 3.98. The maximum atomic E-state index is 5.83. The Morgan fingerprint density at radius 1 is 1.00 bits per heavy atom. The Balaban J connectivity index is 1.35. The molecule has 0 N–H and O–H groups in total. The van der Waals surface area contributed by atoms with Crippen LogP contribution in [-0.2, 0) is 6.54 Å². The third-order valence-corrected chi connectivity index (χ3v) is 4.58. The summed E-state index contributed by atoms with van der Waals surface area (Å²) in [5.41, 5.74) is 0. The molecule has 3 heterocycles. The van der Waals surface area contributed by atoms with Gasteiger partial charge in [-0.1, -0.05) is 11.6 Å². The monoisotopic (exact) mass is 398 g/mol. The first kappa shape index (κ1) is 16.7. The standard InChI is InChI=1S/C15H20BrClN6/c16-13-9-20-23(12-13)4-2-1-3-21-5-7-22(8-6-21)15-18-10-14(17)11-19-15/h9-12H,1-8H2. The van der Waals surface area contributed by atoms with Crippen LogP contribution < -0.4 is 4.90 Å². The van der Waals surface area contributed by atoms with E-state index in [1.165, 1.54) is 6.42 Å². The summed E-state index contributed by atoms with van der Waals surface area (Å²) in [4.78, 5) is 13.3. The van der Waals surface area contributed by atoms with Gasteiger partial charge < -0.3 is 4.90 Å². The summed E-state index contributed by atoms with van der Waals surface area (Å²) in [6, 6.07) is 0. The second kappa shape index (κ2) is 8.08. The molecular weight excluding hydrogens is 380 g/mol. The minimum Gasteiger partial charge on any atom is -0.338 e. The van der Waals surface area contributed by atoms with Gasteiger partial charge in [0.2, 0.25) is 5.95 Å². The first-order chi connectivity index (χ1) is 11.2. The zero-order valence-corrected chi connectivity index (χ0v) is 15.2. The molecule has 1 aliphatic rings. The van der Waals surface area contributed by atoms with E-state index in [0.717, 1.165) is 56.1 Å². The summed E-state index contributed by atoms with van der Waals surface area (Å²) >= 11 is 9.25. The van der Waals surface area contributed by atoms with Gasteiger partial charge in [0.25, 0.3) is 0 Å². The number of anilines is 1. The molecule has 0 saturated carbocycles. The number of aromatic nitrogens is 4. The van der Waals surface area contributed by atoms with Crippen LogP contribution in [-0.4, -0.2) is 57.4 Å². The van der Waals surface area contributed by atoms with Gasteiger partial charge in [-0.3, -0.25) is 9.58 Å². The van der Waals surface area contributed by atoms with Crippen LogP contribution in [0, 0.1) is 0 Å². The van der Waals surface area contributed by atoms with Crippen molar-refractivity contribution in [3.63, 3.8) is 0 Å². The molecule has 2 aromatic heterocycles. The molecule has 0 spiro atoms. The zero-order valence-electron chi connectivity index (χ0n) is 12.9. The van der Waals surface area contributed by atoms with E-state index in [9.17, 15) is 0 Å². The summed E-state index contributed by atoms with van der Waals surface area (Å²) in [5, 5.41) is 4.86. The lowest BCUT2D eigenvalue weighted by Crippen LogP contribution is -2.47. The lowest BCUT2D eigenvalue weighted by atomic mass is 10.2. The van der Waals surface area contributed by atoms with Crippen LogP contribution in [0.25, 0.3) is 0 Å². The number of hydrogen-bond acceptors (Lipinski definition) is 5. The summed E-state index contributed by atoms with van der Waals surface area (Å²) < 4.78 is 3.03. The molecule has 0 radical (unpaired) electrons. The van der Waals surface area contributed by atoms with Gasteiger partial charge in [-0.2, -0.15) is 5.10 Å². The van der Waals surface area contributed by atoms with Crippen LogP contribution >= 0.6 is 27.5 Å². The molecule has 3 rings (SSSR count). The van der Waals surface area contributed by atoms with Gasteiger partial charge >= 0.3 is 0 Å². The number of unbranched alkanes of at least 4 members (excludes halogenated alkanes) is 1. The molecule has 23 heavy (non-hydrogen) atoms. The second-order valence-electron chi connectivity index (χ2n) is 5.66. The largest absolute Gasteiger partial charge is 0.338 e. The van der Waals surface area contributed by atoms with Crippen LogP contribution in [0.3, 0.4) is 0 Å². The smallest absolute Gasteiger partial charge is 0.225 e. The van der Waals surface area contributed by atoms with E-state index in [2.05, 4.69) is 40.8 Å². The fourth-order valence-electron chi connectivity index (χ4n) is 2.71. The molecule has 8 heteroatoms. The summed E-state index contributed by atoms with van der Waals surface area (Å²) in [6.45, 7) is 6.15. The highest BCUT2D eigenvalue weighted by Crippen LogP contribution is 2.13. The van der Waals surface area contributed by atoms with Gasteiger partial charge in [0, 0.05) is 38.9 Å². The second-order valence-corrected chi connectivity index (χ2v) is 7.01. The van der Waals surface area contributed by atoms with E-state index in [1.807, 2.05) is 17.1 Å². The highest BCUT2D eigenvalue weighted by Gasteiger charge is 2.18. The van der Waals surface area contributed by atoms with Crippen molar-refractivity contribution in [1.29, 1.82) is 0 Å². The van der Waals surface area contributed by atoms with Crippen LogP contribution in [0.5, 0.6) is 0 Å². The lowest BCUT2D eigenvalue weighted by Gasteiger charge is -2.34. The van der Waals surface area contributed by atoms with E-state index in [4.69, 9.17) is 11.6 Å². The van der Waals surface area contributed by atoms with Crippen molar-refractivity contribution in [2.75, 3.05) is 37.6 Å². The van der Waals surface area contributed by atoms with Gasteiger partial charge in [0.15, 0.2) is 0 Å². The molecule has 1 saturated heterocycles. The quantitative estimate of drug-likeness (QED) is 0.699. The Morgan fingerprint density at radius 3 is 2.35 bits per heavy atom. The molecule has 0 atom stereocenters. The van der Waals surface area contributed by atoms with Crippen molar-refractivity contribution < 1.29 is 0 Å². The minimum atomic E-state index is 0.580. The van der Waals surface area contributed by atoms with Crippen molar-refractivity contribution in [3.05, 3.63) is 34.3 Å². The predicted octanol–water partition coefficient (Wildman–Crippen LogP) is 2.69. The van der Waals surface area contributed by atoms with E-state index >= 15 is 0 Å². The number of halogens is 2. The van der Waals surface area contributed by atoms with Crippen molar-refractivity contribution >= 4 is 33.5 Å². The Kier molecular flexibility index (Phi) is 5.85. The fraction of sp³-hybridized carbons (Fsp3) is 0.533. The summed E-state index contributed by atoms with van der Waals surface area (Å²) in [6.07, 6.45) is 9.50. The van der Waals surface area contributed by atoms with Crippen LogP contribution in [0.15, 0.2) is 29.3 Å². The molecule has 0 aliphatic carbocycles. The first-order valence-corrected chi connectivity index (χ1v) is 9.00. The minimum absolute atomic E-state index is 0.580. The Morgan fingerprint density at radius 2 is 1.70 bits per heavy atom. The van der Waals surface area contributed by atoms with Gasteiger partial charge in [0.05, 0.1) is 28.1 Å². The highest BCUT2D eigenvalue weighted by atomic mass is 79.9. The molecule has 6 nitrogen and oxygen atoms in total. The molecule has 1 aliphatic heterocycles. The molecule has 0 unspecified atom stereocenters. The van der Waals surface area contributed by atoms with Gasteiger partial charge in [-0.05, 0) is 35.3 Å². The highest BCUT2D eigenvalue weighted by molar-refractivity contribution is 9.10. The van der Waals surface area contributed by atoms with Crippen LogP contribution in [0.1, 0.15) is 12.8 Å². The first-order valence-electron chi connectivity index (χ1n) is 7.83. The summed E-state index contributed by atoms with van der Waals surface area (Å²) in [7, 11) is 0. The number of nitrogens with zero attached hydrogens (tertiary/aromatic N) is 6. The molecule has 0 bridgehead atoms. The van der Waals surface area contributed by atoms with Crippen molar-refractivity contribution in [2.24, 2.45) is 0 Å². The molecule has 0 aromatic carbocycles. The van der Waals surface area contributed by atoms with E-state index in [-0.39, 0.29) is 0 Å². The third kappa shape index (κ3) is 4.89. The fourth-order valence-corrected chi connectivity index (χ4v) is 3.14. The Labute approximate surface area is 149 Å². The number of piperazine rings is 1.